The summed E-state index contributed by atoms with van der Waals surface area (Å²) in [7, 11) is 3.88. The number of carbonyl (C=O) groups is 1. The third kappa shape index (κ3) is 6.16. The fourth-order valence-corrected chi connectivity index (χ4v) is 6.04. The van der Waals surface area contributed by atoms with E-state index in [9.17, 15) is 4.79 Å². The fraction of sp³-hybridized carbons (Fsp3) is 0.257. The molecule has 3 aromatic heterocycles. The zero-order valence-electron chi connectivity index (χ0n) is 26.0. The molecule has 11 heteroatoms. The van der Waals surface area contributed by atoms with Crippen LogP contribution in [0.25, 0.3) is 38.9 Å². The van der Waals surface area contributed by atoms with Crippen LogP contribution >= 0.6 is 0 Å². The maximum absolute atomic E-state index is 13.2. The number of anilines is 3. The monoisotopic (exact) mass is 612 g/mol. The number of hydrogen-bond donors (Lipinski definition) is 2. The van der Waals surface area contributed by atoms with Gasteiger partial charge in [-0.1, -0.05) is 42.5 Å². The topological polar surface area (TPSA) is 117 Å². The van der Waals surface area contributed by atoms with Crippen LogP contribution in [0.2, 0.25) is 0 Å². The summed E-state index contributed by atoms with van der Waals surface area (Å²) in [6.45, 7) is 2.21. The van der Waals surface area contributed by atoms with E-state index in [1.54, 1.807) is 12.5 Å². The van der Waals surface area contributed by atoms with E-state index in [1.807, 2.05) is 95.2 Å². The highest BCUT2D eigenvalue weighted by molar-refractivity contribution is 6.01. The molecule has 232 valence electrons. The lowest BCUT2D eigenvalue weighted by molar-refractivity contribution is 0.175. The first-order valence-corrected chi connectivity index (χ1v) is 15.6. The second-order valence-corrected chi connectivity index (χ2v) is 11.9. The average molecular weight is 613 g/mol. The summed E-state index contributed by atoms with van der Waals surface area (Å²) in [5, 5.41) is 17.4. The zero-order chi connectivity index (χ0) is 31.5. The summed E-state index contributed by atoms with van der Waals surface area (Å²) in [6.07, 6.45) is 6.53. The molecule has 0 aliphatic carbocycles. The highest BCUT2D eigenvalue weighted by Crippen LogP contribution is 2.27. The zero-order valence-corrected chi connectivity index (χ0v) is 26.0. The van der Waals surface area contributed by atoms with E-state index in [4.69, 9.17) is 4.98 Å². The van der Waals surface area contributed by atoms with Crippen molar-refractivity contribution in [2.75, 3.05) is 49.3 Å². The van der Waals surface area contributed by atoms with Gasteiger partial charge >= 0.3 is 6.03 Å². The molecule has 7 rings (SSSR count). The SMILES string of the molecule is CN(C)c1ccc(-c2ccc3c(c2)ncn3-c2ccnc(NCCC3CCCN(C(=O)Nc4cccc5ccccc45)C3)n2)nn1. The third-order valence-electron chi connectivity index (χ3n) is 8.51. The highest BCUT2D eigenvalue weighted by Gasteiger charge is 2.24. The standard InChI is InChI=1S/C35H36N10O/c1-43(2)33-15-13-28(41-42-33)26-12-14-31-30(21-26)38-23-45(31)32-17-19-37-34(40-32)36-18-16-24-7-6-20-44(22-24)35(46)39-29-11-5-9-25-8-3-4-10-27(25)29/h3-5,8-15,17,19,21,23-24H,6-7,16,18,20,22H2,1-2H3,(H,39,46)(H,36,37,40). The van der Waals surface area contributed by atoms with E-state index in [-0.39, 0.29) is 6.03 Å². The van der Waals surface area contributed by atoms with Crippen molar-refractivity contribution in [2.45, 2.75) is 19.3 Å². The van der Waals surface area contributed by atoms with Gasteiger partial charge in [0.15, 0.2) is 5.82 Å². The molecule has 3 aromatic carbocycles. The maximum Gasteiger partial charge on any atom is 0.321 e. The van der Waals surface area contributed by atoms with Crippen molar-refractivity contribution in [1.29, 1.82) is 0 Å². The van der Waals surface area contributed by atoms with Crippen LogP contribution in [0, 0.1) is 5.92 Å². The minimum absolute atomic E-state index is 0.0418. The Bertz CT molecular complexity index is 1980. The van der Waals surface area contributed by atoms with Crippen LogP contribution in [-0.4, -0.2) is 74.4 Å². The normalized spacial score (nSPS) is 14.8. The molecule has 1 fully saturated rings. The third-order valence-corrected chi connectivity index (χ3v) is 8.51. The van der Waals surface area contributed by atoms with Crippen molar-refractivity contribution in [3.05, 3.63) is 91.4 Å². The smallest absolute Gasteiger partial charge is 0.321 e. The van der Waals surface area contributed by atoms with Gasteiger partial charge in [0.05, 0.1) is 22.4 Å². The number of likely N-dealkylation sites (tertiary alicyclic amines) is 1. The van der Waals surface area contributed by atoms with Crippen LogP contribution in [0.15, 0.2) is 91.4 Å². The van der Waals surface area contributed by atoms with Crippen molar-refractivity contribution in [2.24, 2.45) is 5.92 Å². The number of aromatic nitrogens is 6. The van der Waals surface area contributed by atoms with Gasteiger partial charge in [-0.25, -0.2) is 14.8 Å². The van der Waals surface area contributed by atoms with E-state index >= 15 is 0 Å². The number of hydrogen-bond acceptors (Lipinski definition) is 8. The number of nitrogens with zero attached hydrogens (tertiary/aromatic N) is 8. The molecule has 4 heterocycles. The van der Waals surface area contributed by atoms with Crippen LogP contribution in [0.4, 0.5) is 22.2 Å². The van der Waals surface area contributed by atoms with Crippen LogP contribution in [0.3, 0.4) is 0 Å². The summed E-state index contributed by atoms with van der Waals surface area (Å²) in [5.41, 5.74) is 4.38. The van der Waals surface area contributed by atoms with E-state index in [1.165, 1.54) is 0 Å². The van der Waals surface area contributed by atoms with Gasteiger partial charge in [-0.05, 0) is 67.0 Å². The van der Waals surface area contributed by atoms with Gasteiger partial charge in [-0.3, -0.25) is 4.57 Å². The highest BCUT2D eigenvalue weighted by atomic mass is 16.2. The molecule has 2 N–H and O–H groups in total. The van der Waals surface area contributed by atoms with Gasteiger partial charge in [0.1, 0.15) is 12.1 Å². The number of imidazole rings is 1. The molecule has 11 nitrogen and oxygen atoms in total. The Morgan fingerprint density at radius 2 is 1.87 bits per heavy atom. The van der Waals surface area contributed by atoms with Gasteiger partial charge < -0.3 is 20.4 Å². The average Bonchev–Trinajstić information content (AvgIpc) is 3.52. The second kappa shape index (κ2) is 12.8. The molecule has 1 atom stereocenters. The first kappa shape index (κ1) is 29.1. The van der Waals surface area contributed by atoms with Gasteiger partial charge in [-0.2, -0.15) is 4.98 Å². The van der Waals surface area contributed by atoms with Crippen molar-refractivity contribution in [1.82, 2.24) is 34.6 Å². The molecule has 2 amide bonds. The molecule has 46 heavy (non-hydrogen) atoms. The Kier molecular flexibility index (Phi) is 8.11. The number of nitrogens with one attached hydrogen (secondary N) is 2. The number of fused-ring (bicyclic) bond motifs is 2. The largest absolute Gasteiger partial charge is 0.361 e. The summed E-state index contributed by atoms with van der Waals surface area (Å²) < 4.78 is 1.96. The molecule has 1 unspecified atom stereocenters. The lowest BCUT2D eigenvalue weighted by Gasteiger charge is -2.33. The molecule has 0 bridgehead atoms. The van der Waals surface area contributed by atoms with E-state index in [0.29, 0.717) is 18.4 Å². The van der Waals surface area contributed by atoms with Crippen LogP contribution in [-0.2, 0) is 0 Å². The van der Waals surface area contributed by atoms with Crippen molar-refractivity contribution < 1.29 is 4.79 Å². The molecule has 0 saturated carbocycles. The summed E-state index contributed by atoms with van der Waals surface area (Å²) in [5.74, 6) is 2.51. The quantitative estimate of drug-likeness (QED) is 0.208. The Labute approximate surface area is 267 Å². The van der Waals surface area contributed by atoms with Crippen LogP contribution in [0.5, 0.6) is 0 Å². The van der Waals surface area contributed by atoms with Gasteiger partial charge in [0, 0.05) is 50.9 Å². The minimum Gasteiger partial charge on any atom is -0.361 e. The number of urea groups is 1. The Balaban J connectivity index is 0.964. The Morgan fingerprint density at radius 1 is 0.978 bits per heavy atom. The van der Waals surface area contributed by atoms with E-state index in [0.717, 1.165) is 82.7 Å². The van der Waals surface area contributed by atoms with Crippen molar-refractivity contribution in [3.8, 4) is 17.1 Å². The number of piperidine rings is 1. The van der Waals surface area contributed by atoms with Crippen molar-refractivity contribution >= 4 is 45.3 Å². The number of rotatable bonds is 8. The summed E-state index contributed by atoms with van der Waals surface area (Å²) in [4.78, 5) is 30.9. The minimum atomic E-state index is -0.0418. The molecule has 1 aliphatic rings. The second-order valence-electron chi connectivity index (χ2n) is 11.9. The predicted molar refractivity (Wildman–Crippen MR) is 182 cm³/mol. The van der Waals surface area contributed by atoms with Gasteiger partial charge in [0.25, 0.3) is 0 Å². The van der Waals surface area contributed by atoms with Crippen LogP contribution in [0.1, 0.15) is 19.3 Å². The van der Waals surface area contributed by atoms with E-state index in [2.05, 4.69) is 42.9 Å². The van der Waals surface area contributed by atoms with Crippen molar-refractivity contribution in [3.63, 3.8) is 0 Å². The number of amides is 2. The Hall–Kier alpha value is -5.58. The van der Waals surface area contributed by atoms with Gasteiger partial charge in [0.2, 0.25) is 5.95 Å². The molecular weight excluding hydrogens is 576 g/mol. The fourth-order valence-electron chi connectivity index (χ4n) is 6.04. The van der Waals surface area contributed by atoms with Gasteiger partial charge in [-0.15, -0.1) is 10.2 Å². The maximum atomic E-state index is 13.2. The molecule has 0 spiro atoms. The van der Waals surface area contributed by atoms with Crippen LogP contribution < -0.4 is 15.5 Å². The first-order chi connectivity index (χ1) is 22.5. The Morgan fingerprint density at radius 3 is 2.74 bits per heavy atom. The summed E-state index contributed by atoms with van der Waals surface area (Å²) >= 11 is 0. The lowest BCUT2D eigenvalue weighted by Crippen LogP contribution is -2.42. The molecule has 1 saturated heterocycles. The molecular formula is C35H36N10O. The molecule has 1 aliphatic heterocycles. The molecule has 6 aromatic rings. The predicted octanol–water partition coefficient (Wildman–Crippen LogP) is 6.24. The number of benzene rings is 3. The lowest BCUT2D eigenvalue weighted by atomic mass is 9.95. The summed E-state index contributed by atoms with van der Waals surface area (Å²) in [6, 6.07) is 25.9. The molecule has 0 radical (unpaired) electrons. The first-order valence-electron chi connectivity index (χ1n) is 15.6. The van der Waals surface area contributed by atoms with E-state index < -0.39 is 0 Å². The number of carbonyl (C=O) groups excluding carboxylic acids is 1.